The van der Waals surface area contributed by atoms with Crippen LogP contribution in [0.2, 0.25) is 0 Å². The summed E-state index contributed by atoms with van der Waals surface area (Å²) in [4.78, 5) is 15.3. The van der Waals surface area contributed by atoms with Crippen molar-refractivity contribution in [3.63, 3.8) is 0 Å². The van der Waals surface area contributed by atoms with Crippen molar-refractivity contribution in [3.05, 3.63) is 65.5 Å². The largest absolute Gasteiger partial charge is 0.272 e. The number of rotatable bonds is 3. The molecule has 1 aromatic carbocycles. The molecule has 0 aliphatic carbocycles. The van der Waals surface area contributed by atoms with Crippen molar-refractivity contribution >= 4 is 12.1 Å². The Balaban J connectivity index is 2.00. The fourth-order valence-corrected chi connectivity index (χ4v) is 1.32. The van der Waals surface area contributed by atoms with Gasteiger partial charge in [0.25, 0.3) is 5.91 Å². The summed E-state index contributed by atoms with van der Waals surface area (Å²) >= 11 is 0. The number of carbonyl (C=O) groups is 1. The van der Waals surface area contributed by atoms with Crippen LogP contribution in [0.25, 0.3) is 0 Å². The number of hydrogen-bond donors (Lipinski definition) is 1. The molecule has 96 valence electrons. The number of carbonyl (C=O) groups excluding carboxylic acids is 1. The van der Waals surface area contributed by atoms with Crippen molar-refractivity contribution in [1.29, 1.82) is 0 Å². The average molecular weight is 261 g/mol. The van der Waals surface area contributed by atoms with E-state index in [9.17, 15) is 13.6 Å². The third-order valence-electron chi connectivity index (χ3n) is 2.25. The van der Waals surface area contributed by atoms with Gasteiger partial charge in [0, 0.05) is 12.4 Å². The van der Waals surface area contributed by atoms with Crippen LogP contribution in [0.4, 0.5) is 8.78 Å². The Labute approximate surface area is 107 Å². The lowest BCUT2D eigenvalue weighted by atomic mass is 10.2. The first-order valence-electron chi connectivity index (χ1n) is 5.35. The van der Waals surface area contributed by atoms with Crippen LogP contribution in [-0.4, -0.2) is 17.1 Å². The third-order valence-corrected chi connectivity index (χ3v) is 2.25. The van der Waals surface area contributed by atoms with Gasteiger partial charge < -0.3 is 0 Å². The minimum Gasteiger partial charge on any atom is -0.267 e. The quantitative estimate of drug-likeness (QED) is 0.679. The molecule has 0 radical (unpaired) electrons. The number of halogens is 2. The minimum atomic E-state index is -0.970. The summed E-state index contributed by atoms with van der Waals surface area (Å²) in [5.41, 5.74) is 2.95. The zero-order valence-electron chi connectivity index (χ0n) is 9.68. The highest BCUT2D eigenvalue weighted by Crippen LogP contribution is 2.06. The standard InChI is InChI=1S/C13H9F2N3O/c14-11-4-3-9(6-12(11)15)7-17-18-13(19)10-2-1-5-16-8-10/h1-8H,(H,18,19)/b17-7-. The number of benzene rings is 1. The van der Waals surface area contributed by atoms with Crippen molar-refractivity contribution in [3.8, 4) is 0 Å². The summed E-state index contributed by atoms with van der Waals surface area (Å²) in [6.07, 6.45) is 4.15. The SMILES string of the molecule is O=C(N/N=C\c1ccc(F)c(F)c1)c1cccnc1. The molecule has 0 bridgehead atoms. The highest BCUT2D eigenvalue weighted by Gasteiger charge is 2.03. The monoisotopic (exact) mass is 261 g/mol. The van der Waals surface area contributed by atoms with Crippen LogP contribution in [0.15, 0.2) is 47.8 Å². The van der Waals surface area contributed by atoms with E-state index in [4.69, 9.17) is 0 Å². The number of nitrogens with one attached hydrogen (secondary N) is 1. The molecule has 1 N–H and O–H groups in total. The van der Waals surface area contributed by atoms with E-state index < -0.39 is 17.5 Å². The molecular weight excluding hydrogens is 252 g/mol. The van der Waals surface area contributed by atoms with Gasteiger partial charge in [-0.25, -0.2) is 14.2 Å². The number of amides is 1. The van der Waals surface area contributed by atoms with Gasteiger partial charge in [0.05, 0.1) is 11.8 Å². The molecule has 1 aromatic heterocycles. The highest BCUT2D eigenvalue weighted by molar-refractivity contribution is 5.94. The van der Waals surface area contributed by atoms with Crippen LogP contribution in [0.3, 0.4) is 0 Å². The molecular formula is C13H9F2N3O. The second-order valence-electron chi connectivity index (χ2n) is 3.61. The van der Waals surface area contributed by atoms with Crippen molar-refractivity contribution < 1.29 is 13.6 Å². The van der Waals surface area contributed by atoms with Gasteiger partial charge in [-0.05, 0) is 29.8 Å². The zero-order valence-corrected chi connectivity index (χ0v) is 9.68. The molecule has 1 amide bonds. The minimum absolute atomic E-state index is 0.338. The van der Waals surface area contributed by atoms with Gasteiger partial charge in [-0.3, -0.25) is 9.78 Å². The van der Waals surface area contributed by atoms with Crippen molar-refractivity contribution in [2.24, 2.45) is 5.10 Å². The lowest BCUT2D eigenvalue weighted by Crippen LogP contribution is -2.17. The van der Waals surface area contributed by atoms with E-state index in [0.717, 1.165) is 12.1 Å². The smallest absolute Gasteiger partial charge is 0.267 e. The number of hydrazone groups is 1. The molecule has 0 unspecified atom stereocenters. The zero-order chi connectivity index (χ0) is 13.7. The van der Waals surface area contributed by atoms with E-state index >= 15 is 0 Å². The molecule has 4 nitrogen and oxygen atoms in total. The summed E-state index contributed by atoms with van der Waals surface area (Å²) in [5.74, 6) is -2.34. The lowest BCUT2D eigenvalue weighted by molar-refractivity contribution is 0.0955. The van der Waals surface area contributed by atoms with Gasteiger partial charge in [-0.1, -0.05) is 6.07 Å². The van der Waals surface area contributed by atoms with E-state index in [1.807, 2.05) is 0 Å². The number of nitrogens with zero attached hydrogens (tertiary/aromatic N) is 2. The van der Waals surface area contributed by atoms with Crippen LogP contribution in [-0.2, 0) is 0 Å². The number of pyridine rings is 1. The maximum atomic E-state index is 12.9. The first kappa shape index (κ1) is 12.8. The molecule has 0 aliphatic heterocycles. The van der Waals surface area contributed by atoms with Gasteiger partial charge in [0.1, 0.15) is 0 Å². The number of hydrogen-bond acceptors (Lipinski definition) is 3. The summed E-state index contributed by atoms with van der Waals surface area (Å²) in [5, 5.41) is 3.65. The summed E-state index contributed by atoms with van der Waals surface area (Å²) in [6, 6.07) is 6.51. The molecule has 1 heterocycles. The lowest BCUT2D eigenvalue weighted by Gasteiger charge is -1.98. The molecule has 0 saturated heterocycles. The van der Waals surface area contributed by atoms with Gasteiger partial charge in [0.2, 0.25) is 0 Å². The average Bonchev–Trinajstić information content (AvgIpc) is 2.43. The van der Waals surface area contributed by atoms with Crippen LogP contribution in [0, 0.1) is 11.6 Å². The predicted octanol–water partition coefficient (Wildman–Crippen LogP) is 2.12. The van der Waals surface area contributed by atoms with Gasteiger partial charge in [-0.15, -0.1) is 0 Å². The van der Waals surface area contributed by atoms with Crippen LogP contribution < -0.4 is 5.43 Å². The normalized spacial score (nSPS) is 10.6. The van der Waals surface area contributed by atoms with E-state index in [0.29, 0.717) is 11.1 Å². The first-order chi connectivity index (χ1) is 9.16. The fourth-order valence-electron chi connectivity index (χ4n) is 1.32. The number of aromatic nitrogens is 1. The van der Waals surface area contributed by atoms with Crippen molar-refractivity contribution in [2.45, 2.75) is 0 Å². The Morgan fingerprint density at radius 1 is 1.26 bits per heavy atom. The maximum Gasteiger partial charge on any atom is 0.272 e. The van der Waals surface area contributed by atoms with E-state index in [2.05, 4.69) is 15.5 Å². The van der Waals surface area contributed by atoms with Gasteiger partial charge >= 0.3 is 0 Å². The second kappa shape index (κ2) is 5.81. The molecule has 19 heavy (non-hydrogen) atoms. The van der Waals surface area contributed by atoms with E-state index in [1.165, 1.54) is 18.5 Å². The molecule has 0 fully saturated rings. The summed E-state index contributed by atoms with van der Waals surface area (Å²) < 4.78 is 25.6. The Kier molecular flexibility index (Phi) is 3.92. The molecule has 0 saturated carbocycles. The summed E-state index contributed by atoms with van der Waals surface area (Å²) in [6.45, 7) is 0. The van der Waals surface area contributed by atoms with Crippen LogP contribution in [0.1, 0.15) is 15.9 Å². The highest BCUT2D eigenvalue weighted by atomic mass is 19.2. The Bertz CT molecular complexity index is 615. The predicted molar refractivity (Wildman–Crippen MR) is 65.7 cm³/mol. The topological polar surface area (TPSA) is 54.4 Å². The van der Waals surface area contributed by atoms with Crippen LogP contribution in [0.5, 0.6) is 0 Å². The van der Waals surface area contributed by atoms with Gasteiger partial charge in [0.15, 0.2) is 11.6 Å². The Hall–Kier alpha value is -2.63. The molecule has 2 rings (SSSR count). The van der Waals surface area contributed by atoms with Crippen molar-refractivity contribution in [2.75, 3.05) is 0 Å². The van der Waals surface area contributed by atoms with E-state index in [-0.39, 0.29) is 0 Å². The molecule has 6 heteroatoms. The second-order valence-corrected chi connectivity index (χ2v) is 3.61. The van der Waals surface area contributed by atoms with Crippen LogP contribution >= 0.6 is 0 Å². The molecule has 0 atom stereocenters. The fraction of sp³-hybridized carbons (Fsp3) is 0. The Morgan fingerprint density at radius 2 is 2.11 bits per heavy atom. The van der Waals surface area contributed by atoms with E-state index in [1.54, 1.807) is 18.3 Å². The summed E-state index contributed by atoms with van der Waals surface area (Å²) in [7, 11) is 0. The Morgan fingerprint density at radius 3 is 2.79 bits per heavy atom. The maximum absolute atomic E-state index is 12.9. The molecule has 2 aromatic rings. The third kappa shape index (κ3) is 3.41. The molecule has 0 spiro atoms. The first-order valence-corrected chi connectivity index (χ1v) is 5.35. The van der Waals surface area contributed by atoms with Gasteiger partial charge in [-0.2, -0.15) is 5.10 Å². The van der Waals surface area contributed by atoms with Crippen molar-refractivity contribution in [1.82, 2.24) is 10.4 Å². The molecule has 0 aliphatic rings.